The van der Waals surface area contributed by atoms with Crippen molar-refractivity contribution in [2.75, 3.05) is 36.3 Å². The predicted molar refractivity (Wildman–Crippen MR) is 127 cm³/mol. The van der Waals surface area contributed by atoms with Crippen LogP contribution in [0.3, 0.4) is 0 Å². The summed E-state index contributed by atoms with van der Waals surface area (Å²) in [6, 6.07) is 17.6. The van der Waals surface area contributed by atoms with Gasteiger partial charge in [-0.3, -0.25) is 9.52 Å². The number of ether oxygens (including phenoxy) is 1. The number of para-hydroxylation sites is 2. The van der Waals surface area contributed by atoms with Gasteiger partial charge in [-0.25, -0.2) is 8.42 Å². The van der Waals surface area contributed by atoms with E-state index in [1.807, 2.05) is 24.3 Å². The highest BCUT2D eigenvalue weighted by molar-refractivity contribution is 7.94. The molecule has 2 aromatic carbocycles. The average Bonchev–Trinajstić information content (AvgIpc) is 3.34. The zero-order valence-corrected chi connectivity index (χ0v) is 19.5. The van der Waals surface area contributed by atoms with E-state index in [0.717, 1.165) is 29.3 Å². The van der Waals surface area contributed by atoms with Gasteiger partial charge in [0.2, 0.25) is 0 Å². The zero-order chi connectivity index (χ0) is 22.7. The summed E-state index contributed by atoms with van der Waals surface area (Å²) >= 11 is 1.15. The topological polar surface area (TPSA) is 79.0 Å². The van der Waals surface area contributed by atoms with Crippen molar-refractivity contribution >= 4 is 38.6 Å². The second-order valence-electron chi connectivity index (χ2n) is 7.55. The molecule has 32 heavy (non-hydrogen) atoms. The number of amides is 1. The number of benzene rings is 2. The molecule has 3 aromatic rings. The van der Waals surface area contributed by atoms with Crippen LogP contribution in [-0.4, -0.2) is 52.0 Å². The molecule has 1 N–H and O–H groups in total. The van der Waals surface area contributed by atoms with Gasteiger partial charge >= 0.3 is 0 Å². The fraction of sp³-hybridized carbons (Fsp3) is 0.261. The van der Waals surface area contributed by atoms with Crippen LogP contribution in [0.4, 0.5) is 11.4 Å². The Morgan fingerprint density at radius 2 is 1.91 bits per heavy atom. The van der Waals surface area contributed by atoms with Crippen LogP contribution in [0.5, 0.6) is 5.75 Å². The summed E-state index contributed by atoms with van der Waals surface area (Å²) in [6.07, 6.45) is -0.143. The van der Waals surface area contributed by atoms with Crippen LogP contribution in [0.1, 0.15) is 17.3 Å². The molecule has 7 nitrogen and oxygen atoms in total. The quantitative estimate of drug-likeness (QED) is 0.565. The van der Waals surface area contributed by atoms with Crippen molar-refractivity contribution in [2.45, 2.75) is 17.2 Å². The lowest BCUT2D eigenvalue weighted by Gasteiger charge is -2.37. The van der Waals surface area contributed by atoms with Crippen molar-refractivity contribution in [3.8, 4) is 5.75 Å². The Bertz CT molecular complexity index is 1180. The molecule has 1 aliphatic rings. The molecule has 4 rings (SSSR count). The van der Waals surface area contributed by atoms with Crippen molar-refractivity contribution in [3.63, 3.8) is 0 Å². The molecule has 0 saturated heterocycles. The van der Waals surface area contributed by atoms with Gasteiger partial charge in [-0.05, 0) is 54.8 Å². The zero-order valence-electron chi connectivity index (χ0n) is 17.9. The molecule has 168 valence electrons. The maximum Gasteiger partial charge on any atom is 0.271 e. The normalized spacial score (nSPS) is 15.6. The number of fused-ring (bicyclic) bond motifs is 1. The fourth-order valence-electron chi connectivity index (χ4n) is 3.68. The first-order chi connectivity index (χ1) is 15.4. The van der Waals surface area contributed by atoms with Crippen molar-refractivity contribution < 1.29 is 17.9 Å². The van der Waals surface area contributed by atoms with Crippen LogP contribution >= 0.6 is 11.3 Å². The summed E-state index contributed by atoms with van der Waals surface area (Å²) in [5.74, 6) is 0.678. The van der Waals surface area contributed by atoms with Crippen LogP contribution in [-0.2, 0) is 10.0 Å². The van der Waals surface area contributed by atoms with Crippen molar-refractivity contribution in [2.24, 2.45) is 0 Å². The molecule has 1 unspecified atom stereocenters. The number of hydrogen-bond acceptors (Lipinski definition) is 6. The van der Waals surface area contributed by atoms with E-state index in [4.69, 9.17) is 4.74 Å². The van der Waals surface area contributed by atoms with Crippen LogP contribution in [0.15, 0.2) is 70.3 Å². The Morgan fingerprint density at radius 3 is 2.59 bits per heavy atom. The molecule has 9 heteroatoms. The first-order valence-corrected chi connectivity index (χ1v) is 12.7. The van der Waals surface area contributed by atoms with Crippen molar-refractivity contribution in [1.29, 1.82) is 0 Å². The molecule has 1 atom stereocenters. The van der Waals surface area contributed by atoms with E-state index in [1.165, 1.54) is 0 Å². The molecule has 0 saturated carbocycles. The van der Waals surface area contributed by atoms with E-state index >= 15 is 0 Å². The Kier molecular flexibility index (Phi) is 6.38. The molecule has 0 fully saturated rings. The maximum atomic E-state index is 12.9. The van der Waals surface area contributed by atoms with Crippen LogP contribution < -0.4 is 14.4 Å². The SMILES string of the molecule is CCN1CC(CN(C)C(=O)c2ccc(NS(=O)(=O)c3cccs3)cc2)Oc2ccccc21. The third-order valence-electron chi connectivity index (χ3n) is 5.27. The van der Waals surface area contributed by atoms with Gasteiger partial charge < -0.3 is 14.5 Å². The Hall–Kier alpha value is -3.04. The van der Waals surface area contributed by atoms with E-state index in [0.29, 0.717) is 24.3 Å². The minimum atomic E-state index is -3.62. The minimum Gasteiger partial charge on any atom is -0.485 e. The summed E-state index contributed by atoms with van der Waals surface area (Å²) in [4.78, 5) is 16.8. The fourth-order valence-corrected chi connectivity index (χ4v) is 5.74. The lowest BCUT2D eigenvalue weighted by molar-refractivity contribution is 0.0709. The molecule has 1 amide bonds. The standard InChI is InChI=1S/C23H25N3O4S2/c1-3-26-16-19(30-21-8-5-4-7-20(21)26)15-25(2)23(27)17-10-12-18(13-11-17)24-32(28,29)22-9-6-14-31-22/h4-14,19,24H,3,15-16H2,1-2H3. The number of nitrogens with zero attached hydrogens (tertiary/aromatic N) is 2. The van der Waals surface area contributed by atoms with Gasteiger partial charge in [-0.1, -0.05) is 18.2 Å². The third-order valence-corrected chi connectivity index (χ3v) is 8.05. The Morgan fingerprint density at radius 1 is 1.16 bits per heavy atom. The number of anilines is 2. The number of likely N-dealkylation sites (N-methyl/N-ethyl adjacent to an activating group) is 2. The highest BCUT2D eigenvalue weighted by Crippen LogP contribution is 2.33. The molecular weight excluding hydrogens is 446 g/mol. The van der Waals surface area contributed by atoms with E-state index < -0.39 is 10.0 Å². The van der Waals surface area contributed by atoms with Crippen LogP contribution in [0.25, 0.3) is 0 Å². The number of nitrogens with one attached hydrogen (secondary N) is 1. The lowest BCUT2D eigenvalue weighted by atomic mass is 10.1. The number of thiophene rings is 1. The van der Waals surface area contributed by atoms with Crippen molar-refractivity contribution in [1.82, 2.24) is 4.90 Å². The van der Waals surface area contributed by atoms with E-state index in [2.05, 4.69) is 16.5 Å². The number of hydrogen-bond donors (Lipinski definition) is 1. The lowest BCUT2D eigenvalue weighted by Crippen LogP contribution is -2.46. The van der Waals surface area contributed by atoms with Crippen LogP contribution in [0.2, 0.25) is 0 Å². The van der Waals surface area contributed by atoms with Gasteiger partial charge in [-0.15, -0.1) is 11.3 Å². The molecule has 0 bridgehead atoms. The minimum absolute atomic E-state index is 0.143. The highest BCUT2D eigenvalue weighted by Gasteiger charge is 2.27. The Balaban J connectivity index is 1.40. The average molecular weight is 472 g/mol. The van der Waals surface area contributed by atoms with Crippen molar-refractivity contribution in [3.05, 3.63) is 71.6 Å². The second kappa shape index (κ2) is 9.22. The van der Waals surface area contributed by atoms with Gasteiger partial charge in [-0.2, -0.15) is 0 Å². The summed E-state index contributed by atoms with van der Waals surface area (Å²) < 4.78 is 33.6. The monoisotopic (exact) mass is 471 g/mol. The van der Waals surface area contributed by atoms with Gasteiger partial charge in [0.15, 0.2) is 0 Å². The predicted octanol–water partition coefficient (Wildman–Crippen LogP) is 3.91. The number of rotatable bonds is 7. The van der Waals surface area contributed by atoms with Gasteiger partial charge in [0.05, 0.1) is 18.8 Å². The number of carbonyl (C=O) groups is 1. The maximum absolute atomic E-state index is 12.9. The number of sulfonamides is 1. The van der Waals surface area contributed by atoms with E-state index in [1.54, 1.807) is 53.7 Å². The molecule has 1 aliphatic heterocycles. The molecule has 0 radical (unpaired) electrons. The third kappa shape index (κ3) is 4.73. The van der Waals surface area contributed by atoms with E-state index in [9.17, 15) is 13.2 Å². The molecular formula is C23H25N3O4S2. The molecule has 2 heterocycles. The Labute approximate surface area is 192 Å². The smallest absolute Gasteiger partial charge is 0.271 e. The highest BCUT2D eigenvalue weighted by atomic mass is 32.2. The summed E-state index contributed by atoms with van der Waals surface area (Å²) in [6.45, 7) is 4.10. The second-order valence-corrected chi connectivity index (χ2v) is 10.4. The summed E-state index contributed by atoms with van der Waals surface area (Å²) in [5.41, 5.74) is 1.96. The van der Waals surface area contributed by atoms with Gasteiger partial charge in [0.25, 0.3) is 15.9 Å². The summed E-state index contributed by atoms with van der Waals surface area (Å²) in [5, 5.41) is 1.71. The number of carbonyl (C=O) groups excluding carboxylic acids is 1. The largest absolute Gasteiger partial charge is 0.485 e. The van der Waals surface area contributed by atoms with Crippen LogP contribution in [0, 0.1) is 0 Å². The van der Waals surface area contributed by atoms with E-state index in [-0.39, 0.29) is 16.2 Å². The first kappa shape index (κ1) is 22.2. The molecule has 0 aliphatic carbocycles. The summed E-state index contributed by atoms with van der Waals surface area (Å²) in [7, 11) is -1.87. The van der Waals surface area contributed by atoms with Gasteiger partial charge in [0, 0.05) is 24.8 Å². The molecule has 1 aromatic heterocycles. The van der Waals surface area contributed by atoms with Gasteiger partial charge in [0.1, 0.15) is 16.1 Å². The molecule has 0 spiro atoms. The first-order valence-electron chi connectivity index (χ1n) is 10.3.